The van der Waals surface area contributed by atoms with Crippen molar-refractivity contribution in [3.8, 4) is 0 Å². The van der Waals surface area contributed by atoms with Gasteiger partial charge >= 0.3 is 0 Å². The topological polar surface area (TPSA) is 113 Å². The third-order valence-corrected chi connectivity index (χ3v) is 6.34. The van der Waals surface area contributed by atoms with Crippen LogP contribution in [0.15, 0.2) is 18.6 Å². The van der Waals surface area contributed by atoms with Crippen molar-refractivity contribution in [2.45, 2.75) is 12.5 Å². The van der Waals surface area contributed by atoms with E-state index in [1.165, 1.54) is 18.6 Å². The largest absolute Gasteiger partial charge is 0.342 e. The maximum absolute atomic E-state index is 12.2. The van der Waals surface area contributed by atoms with E-state index in [0.717, 1.165) is 0 Å². The highest BCUT2D eigenvalue weighted by atomic mass is 32.2. The quantitative estimate of drug-likeness (QED) is 0.692. The van der Waals surface area contributed by atoms with Crippen LogP contribution in [0.4, 0.5) is 0 Å². The molecule has 2 aliphatic heterocycles. The van der Waals surface area contributed by atoms with Gasteiger partial charge in [-0.3, -0.25) is 19.5 Å². The van der Waals surface area contributed by atoms with Crippen LogP contribution >= 0.6 is 0 Å². The van der Waals surface area contributed by atoms with Gasteiger partial charge in [0.15, 0.2) is 9.84 Å². The van der Waals surface area contributed by atoms with E-state index in [9.17, 15) is 18.0 Å². The van der Waals surface area contributed by atoms with E-state index in [0.29, 0.717) is 32.6 Å². The summed E-state index contributed by atoms with van der Waals surface area (Å²) < 4.78 is 23.2. The smallest absolute Gasteiger partial charge is 0.271 e. The Labute approximate surface area is 146 Å². The predicted octanol–water partition coefficient (Wildman–Crippen LogP) is -1.46. The highest BCUT2D eigenvalue weighted by Crippen LogP contribution is 2.19. The number of hydrogen-bond donors (Lipinski definition) is 1. The molecule has 0 saturated carbocycles. The molecule has 3 rings (SSSR count). The molecule has 0 bridgehead atoms. The van der Waals surface area contributed by atoms with Gasteiger partial charge in [-0.2, -0.15) is 0 Å². The van der Waals surface area contributed by atoms with E-state index >= 15 is 0 Å². The second-order valence-electron chi connectivity index (χ2n) is 6.25. The lowest BCUT2D eigenvalue weighted by atomic mass is 10.2. The van der Waals surface area contributed by atoms with Crippen molar-refractivity contribution in [1.82, 2.24) is 25.1 Å². The van der Waals surface area contributed by atoms with Gasteiger partial charge in [0.05, 0.1) is 24.2 Å². The second-order valence-corrected chi connectivity index (χ2v) is 8.48. The number of piperazine rings is 1. The Morgan fingerprint density at radius 3 is 2.56 bits per heavy atom. The first-order chi connectivity index (χ1) is 11.9. The van der Waals surface area contributed by atoms with Gasteiger partial charge < -0.3 is 10.2 Å². The fraction of sp³-hybridized carbons (Fsp3) is 0.600. The molecule has 2 fully saturated rings. The van der Waals surface area contributed by atoms with Crippen LogP contribution in [0.2, 0.25) is 0 Å². The SMILES string of the molecule is O=C(NCC(=O)N1CCN(C2CCS(=O)(=O)C2)CC1)c1cnccn1. The molecule has 0 radical (unpaired) electrons. The third kappa shape index (κ3) is 4.51. The van der Waals surface area contributed by atoms with Gasteiger partial charge in [-0.1, -0.05) is 0 Å². The van der Waals surface area contributed by atoms with Crippen molar-refractivity contribution in [2.75, 3.05) is 44.2 Å². The van der Waals surface area contributed by atoms with Crippen LogP contribution in [-0.2, 0) is 14.6 Å². The minimum atomic E-state index is -2.90. The van der Waals surface area contributed by atoms with Gasteiger partial charge in [0.25, 0.3) is 5.91 Å². The van der Waals surface area contributed by atoms with E-state index in [-0.39, 0.29) is 35.7 Å². The van der Waals surface area contributed by atoms with Crippen LogP contribution in [0.3, 0.4) is 0 Å². The molecule has 10 heteroatoms. The Balaban J connectivity index is 1.43. The Morgan fingerprint density at radius 2 is 1.96 bits per heavy atom. The van der Waals surface area contributed by atoms with E-state index in [1.807, 2.05) is 0 Å². The summed E-state index contributed by atoms with van der Waals surface area (Å²) in [5, 5.41) is 2.55. The number of sulfone groups is 1. The molecule has 1 aromatic rings. The van der Waals surface area contributed by atoms with Gasteiger partial charge in [-0.25, -0.2) is 13.4 Å². The molecule has 2 aliphatic rings. The highest BCUT2D eigenvalue weighted by Gasteiger charge is 2.34. The van der Waals surface area contributed by atoms with Gasteiger partial charge in [0, 0.05) is 44.6 Å². The van der Waals surface area contributed by atoms with Crippen LogP contribution in [0.1, 0.15) is 16.9 Å². The molecule has 136 valence electrons. The van der Waals surface area contributed by atoms with Crippen molar-refractivity contribution in [3.05, 3.63) is 24.3 Å². The summed E-state index contributed by atoms with van der Waals surface area (Å²) in [6.07, 6.45) is 4.90. The van der Waals surface area contributed by atoms with E-state index in [2.05, 4.69) is 20.2 Å². The molecule has 9 nitrogen and oxygen atoms in total. The molecule has 1 aromatic heterocycles. The highest BCUT2D eigenvalue weighted by molar-refractivity contribution is 7.91. The van der Waals surface area contributed by atoms with Crippen LogP contribution in [0.5, 0.6) is 0 Å². The molecule has 25 heavy (non-hydrogen) atoms. The minimum Gasteiger partial charge on any atom is -0.342 e. The number of aromatic nitrogens is 2. The summed E-state index contributed by atoms with van der Waals surface area (Å²) in [5.74, 6) is -0.118. The molecule has 3 heterocycles. The van der Waals surface area contributed by atoms with E-state index in [4.69, 9.17) is 0 Å². The number of amides is 2. The monoisotopic (exact) mass is 367 g/mol. The maximum atomic E-state index is 12.2. The minimum absolute atomic E-state index is 0.0682. The average Bonchev–Trinajstić information content (AvgIpc) is 3.00. The molecule has 1 atom stereocenters. The first-order valence-electron chi connectivity index (χ1n) is 8.21. The second kappa shape index (κ2) is 7.44. The number of carbonyl (C=O) groups is 2. The Morgan fingerprint density at radius 1 is 1.20 bits per heavy atom. The van der Waals surface area contributed by atoms with Gasteiger partial charge in [-0.05, 0) is 6.42 Å². The summed E-state index contributed by atoms with van der Waals surface area (Å²) in [4.78, 5) is 35.6. The summed E-state index contributed by atoms with van der Waals surface area (Å²) in [6, 6.07) is 0.0682. The van der Waals surface area contributed by atoms with Crippen LogP contribution in [-0.4, -0.2) is 90.3 Å². The number of rotatable bonds is 4. The summed E-state index contributed by atoms with van der Waals surface area (Å²) in [6.45, 7) is 2.30. The van der Waals surface area contributed by atoms with Gasteiger partial charge in [-0.15, -0.1) is 0 Å². The lowest BCUT2D eigenvalue weighted by Gasteiger charge is -2.37. The fourth-order valence-corrected chi connectivity index (χ4v) is 4.94. The first kappa shape index (κ1) is 17.7. The molecular weight excluding hydrogens is 346 g/mol. The lowest BCUT2D eigenvalue weighted by Crippen LogP contribution is -2.54. The lowest BCUT2D eigenvalue weighted by molar-refractivity contribution is -0.132. The zero-order valence-corrected chi connectivity index (χ0v) is 14.6. The van der Waals surface area contributed by atoms with Crippen LogP contribution in [0, 0.1) is 0 Å². The van der Waals surface area contributed by atoms with Crippen molar-refractivity contribution in [3.63, 3.8) is 0 Å². The van der Waals surface area contributed by atoms with Crippen molar-refractivity contribution in [1.29, 1.82) is 0 Å². The van der Waals surface area contributed by atoms with Crippen LogP contribution in [0.25, 0.3) is 0 Å². The molecule has 0 aliphatic carbocycles. The Bertz CT molecular complexity index is 732. The molecule has 1 unspecified atom stereocenters. The molecular formula is C15H21N5O4S. The van der Waals surface area contributed by atoms with E-state index < -0.39 is 15.7 Å². The van der Waals surface area contributed by atoms with Crippen molar-refractivity contribution in [2.24, 2.45) is 0 Å². The molecule has 2 saturated heterocycles. The number of hydrogen-bond acceptors (Lipinski definition) is 7. The fourth-order valence-electron chi connectivity index (χ4n) is 3.17. The standard InChI is InChI=1S/C15H21N5O4S/c21-14(10-18-15(22)13-9-16-2-3-17-13)20-6-4-19(5-7-20)12-1-8-25(23,24)11-12/h2-3,9,12H,1,4-8,10-11H2,(H,18,22). The zero-order valence-electron chi connectivity index (χ0n) is 13.8. The molecule has 0 spiro atoms. The maximum Gasteiger partial charge on any atom is 0.271 e. The van der Waals surface area contributed by atoms with Crippen molar-refractivity contribution >= 4 is 21.7 Å². The molecule has 0 aromatic carbocycles. The molecule has 2 amide bonds. The Hall–Kier alpha value is -2.07. The van der Waals surface area contributed by atoms with E-state index in [1.54, 1.807) is 4.90 Å². The third-order valence-electron chi connectivity index (χ3n) is 4.59. The first-order valence-corrected chi connectivity index (χ1v) is 10.0. The number of carbonyl (C=O) groups excluding carboxylic acids is 2. The van der Waals surface area contributed by atoms with Crippen LogP contribution < -0.4 is 5.32 Å². The summed E-state index contributed by atoms with van der Waals surface area (Å²) >= 11 is 0. The van der Waals surface area contributed by atoms with Crippen molar-refractivity contribution < 1.29 is 18.0 Å². The number of nitrogens with one attached hydrogen (secondary N) is 1. The molecule has 1 N–H and O–H groups in total. The van der Waals surface area contributed by atoms with Gasteiger partial charge in [0.1, 0.15) is 5.69 Å². The summed E-state index contributed by atoms with van der Waals surface area (Å²) in [5.41, 5.74) is 0.169. The average molecular weight is 367 g/mol. The number of nitrogens with zero attached hydrogens (tertiary/aromatic N) is 4. The van der Waals surface area contributed by atoms with Gasteiger partial charge in [0.2, 0.25) is 5.91 Å². The zero-order chi connectivity index (χ0) is 17.9. The summed E-state index contributed by atoms with van der Waals surface area (Å²) in [7, 11) is -2.90. The Kier molecular flexibility index (Phi) is 5.28. The predicted molar refractivity (Wildman–Crippen MR) is 89.6 cm³/mol. The normalized spacial score (nSPS) is 23.4.